The summed E-state index contributed by atoms with van der Waals surface area (Å²) in [6, 6.07) is 0. The van der Waals surface area contributed by atoms with Crippen LogP contribution in [0.25, 0.3) is 0 Å². The van der Waals surface area contributed by atoms with Crippen LogP contribution in [0, 0.1) is 11.8 Å². The Labute approximate surface area is 114 Å². The van der Waals surface area contributed by atoms with E-state index in [0.717, 1.165) is 0 Å². The molecule has 0 aromatic heterocycles. The zero-order valence-corrected chi connectivity index (χ0v) is 12.1. The summed E-state index contributed by atoms with van der Waals surface area (Å²) >= 11 is 0. The van der Waals surface area contributed by atoms with E-state index in [1.54, 1.807) is 4.90 Å². The second-order valence-electron chi connectivity index (χ2n) is 5.70. The lowest BCUT2D eigenvalue weighted by Crippen LogP contribution is -2.45. The van der Waals surface area contributed by atoms with Crippen LogP contribution in [0.1, 0.15) is 40.0 Å². The molecule has 0 radical (unpaired) electrons. The van der Waals surface area contributed by atoms with Gasteiger partial charge >= 0.3 is 5.97 Å². The van der Waals surface area contributed by atoms with Crippen LogP contribution >= 0.6 is 0 Å². The standard InChI is InChI=1S/C14H25NO4/c1-10(2)19-6-4-5-13(16)15-8-11(3)7-12(9-15)14(17)18/h10-12H,4-9H2,1-3H3,(H,17,18). The summed E-state index contributed by atoms with van der Waals surface area (Å²) in [5.41, 5.74) is 0. The third-order valence-corrected chi connectivity index (χ3v) is 3.35. The maximum Gasteiger partial charge on any atom is 0.308 e. The maximum absolute atomic E-state index is 12.0. The van der Waals surface area contributed by atoms with E-state index >= 15 is 0 Å². The molecule has 19 heavy (non-hydrogen) atoms. The minimum Gasteiger partial charge on any atom is -0.481 e. The van der Waals surface area contributed by atoms with Gasteiger partial charge in [0.1, 0.15) is 0 Å². The van der Waals surface area contributed by atoms with Gasteiger partial charge in [0.05, 0.1) is 12.0 Å². The SMILES string of the molecule is CC1CC(C(=O)O)CN(C(=O)CCCOC(C)C)C1. The minimum absolute atomic E-state index is 0.0464. The van der Waals surface area contributed by atoms with E-state index < -0.39 is 11.9 Å². The topological polar surface area (TPSA) is 66.8 Å². The number of hydrogen-bond acceptors (Lipinski definition) is 3. The van der Waals surface area contributed by atoms with Crippen LogP contribution in [0.4, 0.5) is 0 Å². The summed E-state index contributed by atoms with van der Waals surface area (Å²) in [6.45, 7) is 7.53. The van der Waals surface area contributed by atoms with E-state index in [-0.39, 0.29) is 17.9 Å². The highest BCUT2D eigenvalue weighted by Gasteiger charge is 2.31. The van der Waals surface area contributed by atoms with Crippen LogP contribution in [-0.4, -0.2) is 47.7 Å². The summed E-state index contributed by atoms with van der Waals surface area (Å²) < 4.78 is 5.40. The van der Waals surface area contributed by atoms with Crippen molar-refractivity contribution in [2.24, 2.45) is 11.8 Å². The molecule has 110 valence electrons. The van der Waals surface area contributed by atoms with Crippen molar-refractivity contribution in [1.29, 1.82) is 0 Å². The molecule has 5 nitrogen and oxygen atoms in total. The van der Waals surface area contributed by atoms with Crippen molar-refractivity contribution in [3.05, 3.63) is 0 Å². The molecule has 1 N–H and O–H groups in total. The Kier molecular flexibility index (Phi) is 6.28. The van der Waals surface area contributed by atoms with Crippen molar-refractivity contribution in [2.45, 2.75) is 46.1 Å². The zero-order valence-electron chi connectivity index (χ0n) is 12.1. The number of likely N-dealkylation sites (tertiary alicyclic amines) is 1. The second kappa shape index (κ2) is 7.48. The van der Waals surface area contributed by atoms with Crippen LogP contribution in [0.2, 0.25) is 0 Å². The average molecular weight is 271 g/mol. The van der Waals surface area contributed by atoms with Gasteiger partial charge in [0.15, 0.2) is 0 Å². The third kappa shape index (κ3) is 5.59. The Hall–Kier alpha value is -1.10. The fourth-order valence-corrected chi connectivity index (χ4v) is 2.43. The highest BCUT2D eigenvalue weighted by atomic mass is 16.5. The summed E-state index contributed by atoms with van der Waals surface area (Å²) in [7, 11) is 0. The van der Waals surface area contributed by atoms with Crippen molar-refractivity contribution < 1.29 is 19.4 Å². The van der Waals surface area contributed by atoms with Crippen molar-refractivity contribution in [3.63, 3.8) is 0 Å². The normalized spacial score (nSPS) is 23.7. The molecular weight excluding hydrogens is 246 g/mol. The molecule has 1 aliphatic rings. The number of rotatable bonds is 6. The summed E-state index contributed by atoms with van der Waals surface area (Å²) in [6.07, 6.45) is 1.97. The number of carbonyl (C=O) groups is 2. The number of aliphatic carboxylic acids is 1. The molecule has 0 spiro atoms. The maximum atomic E-state index is 12.0. The zero-order chi connectivity index (χ0) is 14.4. The van der Waals surface area contributed by atoms with Gasteiger partial charge in [-0.05, 0) is 32.6 Å². The van der Waals surface area contributed by atoms with Gasteiger partial charge in [-0.25, -0.2) is 0 Å². The molecule has 1 aliphatic heterocycles. The van der Waals surface area contributed by atoms with Crippen LogP contribution in [0.15, 0.2) is 0 Å². The number of hydrogen-bond donors (Lipinski definition) is 1. The number of carboxylic acids is 1. The molecule has 1 saturated heterocycles. The lowest BCUT2D eigenvalue weighted by atomic mass is 9.90. The van der Waals surface area contributed by atoms with Gasteiger partial charge in [-0.3, -0.25) is 9.59 Å². The number of carboxylic acid groups (broad SMARTS) is 1. The van der Waals surface area contributed by atoms with Crippen molar-refractivity contribution in [2.75, 3.05) is 19.7 Å². The summed E-state index contributed by atoms with van der Waals surface area (Å²) in [4.78, 5) is 24.8. The molecule has 5 heteroatoms. The average Bonchev–Trinajstić information content (AvgIpc) is 2.33. The first-order chi connectivity index (χ1) is 8.90. The lowest BCUT2D eigenvalue weighted by Gasteiger charge is -2.34. The van der Waals surface area contributed by atoms with E-state index in [9.17, 15) is 9.59 Å². The number of ether oxygens (including phenoxy) is 1. The molecule has 0 aromatic rings. The number of amides is 1. The minimum atomic E-state index is -0.799. The van der Waals surface area contributed by atoms with E-state index in [2.05, 4.69) is 0 Å². The molecule has 1 amide bonds. The Morgan fingerprint density at radius 3 is 2.63 bits per heavy atom. The first-order valence-corrected chi connectivity index (χ1v) is 7.02. The van der Waals surface area contributed by atoms with Gasteiger partial charge in [0, 0.05) is 26.1 Å². The molecule has 1 fully saturated rings. The van der Waals surface area contributed by atoms with Gasteiger partial charge in [-0.15, -0.1) is 0 Å². The molecule has 0 aromatic carbocycles. The molecule has 1 heterocycles. The first kappa shape index (κ1) is 16.0. The Morgan fingerprint density at radius 1 is 1.37 bits per heavy atom. The van der Waals surface area contributed by atoms with Gasteiger partial charge in [-0.1, -0.05) is 6.92 Å². The van der Waals surface area contributed by atoms with Gasteiger partial charge < -0.3 is 14.7 Å². The number of carbonyl (C=O) groups excluding carboxylic acids is 1. The number of piperidine rings is 1. The quantitative estimate of drug-likeness (QED) is 0.748. The second-order valence-corrected chi connectivity index (χ2v) is 5.70. The molecular formula is C14H25NO4. The first-order valence-electron chi connectivity index (χ1n) is 7.02. The molecule has 2 atom stereocenters. The molecule has 0 saturated carbocycles. The Morgan fingerprint density at radius 2 is 2.05 bits per heavy atom. The number of nitrogens with zero attached hydrogens (tertiary/aromatic N) is 1. The van der Waals surface area contributed by atoms with E-state index in [1.165, 1.54) is 0 Å². The van der Waals surface area contributed by atoms with Gasteiger partial charge in [0.2, 0.25) is 5.91 Å². The molecule has 0 aliphatic carbocycles. The van der Waals surface area contributed by atoms with Crippen molar-refractivity contribution in [3.8, 4) is 0 Å². The smallest absolute Gasteiger partial charge is 0.308 e. The monoisotopic (exact) mass is 271 g/mol. The highest BCUT2D eigenvalue weighted by molar-refractivity contribution is 5.78. The van der Waals surface area contributed by atoms with Gasteiger partial charge in [-0.2, -0.15) is 0 Å². The predicted molar refractivity (Wildman–Crippen MR) is 71.8 cm³/mol. The summed E-state index contributed by atoms with van der Waals surface area (Å²) in [5.74, 6) is -0.914. The van der Waals surface area contributed by atoms with E-state index in [1.807, 2.05) is 20.8 Å². The van der Waals surface area contributed by atoms with Crippen molar-refractivity contribution >= 4 is 11.9 Å². The van der Waals surface area contributed by atoms with Crippen molar-refractivity contribution in [1.82, 2.24) is 4.90 Å². The van der Waals surface area contributed by atoms with Gasteiger partial charge in [0.25, 0.3) is 0 Å². The fourth-order valence-electron chi connectivity index (χ4n) is 2.43. The van der Waals surface area contributed by atoms with E-state index in [0.29, 0.717) is 39.0 Å². The van der Waals surface area contributed by atoms with Crippen LogP contribution in [0.3, 0.4) is 0 Å². The fraction of sp³-hybridized carbons (Fsp3) is 0.857. The Bertz CT molecular complexity index is 317. The molecule has 2 unspecified atom stereocenters. The van der Waals surface area contributed by atoms with Crippen LogP contribution < -0.4 is 0 Å². The molecule has 0 bridgehead atoms. The third-order valence-electron chi connectivity index (χ3n) is 3.35. The largest absolute Gasteiger partial charge is 0.481 e. The van der Waals surface area contributed by atoms with Crippen LogP contribution in [0.5, 0.6) is 0 Å². The molecule has 1 rings (SSSR count). The summed E-state index contributed by atoms with van der Waals surface area (Å²) in [5, 5.41) is 9.07. The van der Waals surface area contributed by atoms with Crippen LogP contribution in [-0.2, 0) is 14.3 Å². The highest BCUT2D eigenvalue weighted by Crippen LogP contribution is 2.22. The Balaban J connectivity index is 2.36. The van der Waals surface area contributed by atoms with E-state index in [4.69, 9.17) is 9.84 Å². The lowest BCUT2D eigenvalue weighted by molar-refractivity contribution is -0.147. The predicted octanol–water partition coefficient (Wildman–Crippen LogP) is 1.76.